The number of pyridine rings is 1. The number of carboxylic acid groups (broad SMARTS) is 1. The molecule has 2 atom stereocenters. The number of carboxylic acids is 1. The van der Waals surface area contributed by atoms with Gasteiger partial charge in [0.1, 0.15) is 12.1 Å². The largest absolute Gasteiger partial charge is 0.481 e. The van der Waals surface area contributed by atoms with Gasteiger partial charge in [0.25, 0.3) is 0 Å². The second-order valence-corrected chi connectivity index (χ2v) is 5.52. The van der Waals surface area contributed by atoms with Crippen molar-refractivity contribution in [1.29, 1.82) is 0 Å². The molecule has 106 valence electrons. The Labute approximate surface area is 117 Å². The molecule has 0 aliphatic carbocycles. The van der Waals surface area contributed by atoms with Gasteiger partial charge in [0, 0.05) is 12.6 Å². The Morgan fingerprint density at radius 3 is 2.95 bits per heavy atom. The molecule has 2 aromatic rings. The summed E-state index contributed by atoms with van der Waals surface area (Å²) in [6.07, 6.45) is 2.89. The molecule has 1 saturated heterocycles. The molecular formula is C14H18N4O2. The first-order valence-electron chi connectivity index (χ1n) is 6.86. The molecule has 6 heteroatoms. The molecule has 3 heterocycles. The summed E-state index contributed by atoms with van der Waals surface area (Å²) in [7, 11) is 0. The third-order valence-electron chi connectivity index (χ3n) is 4.02. The predicted octanol–water partition coefficient (Wildman–Crippen LogP) is 1.73. The summed E-state index contributed by atoms with van der Waals surface area (Å²) in [6.45, 7) is 4.84. The van der Waals surface area contributed by atoms with Crippen molar-refractivity contribution in [3.63, 3.8) is 0 Å². The zero-order valence-corrected chi connectivity index (χ0v) is 11.7. The summed E-state index contributed by atoms with van der Waals surface area (Å²) in [5, 5.41) is 13.4. The first-order chi connectivity index (χ1) is 9.56. The lowest BCUT2D eigenvalue weighted by molar-refractivity contribution is -0.142. The highest BCUT2D eigenvalue weighted by molar-refractivity contribution is 5.70. The van der Waals surface area contributed by atoms with E-state index >= 15 is 0 Å². The SMILES string of the molecule is Cc1cc(N2CCC(C(=O)O)CC2C)n2ncnc2c1. The molecule has 2 unspecified atom stereocenters. The Bertz CT molecular complexity index is 652. The minimum Gasteiger partial charge on any atom is -0.481 e. The normalized spacial score (nSPS) is 23.2. The number of anilines is 1. The van der Waals surface area contributed by atoms with E-state index in [0.29, 0.717) is 12.8 Å². The van der Waals surface area contributed by atoms with Gasteiger partial charge in [0.15, 0.2) is 5.65 Å². The number of aryl methyl sites for hydroxylation is 1. The fourth-order valence-electron chi connectivity index (χ4n) is 2.98. The number of nitrogens with zero attached hydrogens (tertiary/aromatic N) is 4. The van der Waals surface area contributed by atoms with Gasteiger partial charge < -0.3 is 10.0 Å². The molecule has 3 rings (SSSR count). The fourth-order valence-corrected chi connectivity index (χ4v) is 2.98. The molecule has 0 radical (unpaired) electrons. The van der Waals surface area contributed by atoms with E-state index in [2.05, 4.69) is 28.0 Å². The molecule has 2 aromatic heterocycles. The summed E-state index contributed by atoms with van der Waals surface area (Å²) >= 11 is 0. The summed E-state index contributed by atoms with van der Waals surface area (Å²) in [6, 6.07) is 4.25. The van der Waals surface area contributed by atoms with Gasteiger partial charge in [0.05, 0.1) is 5.92 Å². The van der Waals surface area contributed by atoms with Gasteiger partial charge in [0.2, 0.25) is 0 Å². The van der Waals surface area contributed by atoms with Gasteiger partial charge >= 0.3 is 5.97 Å². The highest BCUT2D eigenvalue weighted by Crippen LogP contribution is 2.28. The summed E-state index contributed by atoms with van der Waals surface area (Å²) in [5.74, 6) is 0.0674. The first-order valence-corrected chi connectivity index (χ1v) is 6.86. The third-order valence-corrected chi connectivity index (χ3v) is 4.02. The van der Waals surface area contributed by atoms with Crippen LogP contribution in [0.1, 0.15) is 25.3 Å². The lowest BCUT2D eigenvalue weighted by Crippen LogP contribution is -2.43. The van der Waals surface area contributed by atoms with Crippen molar-refractivity contribution in [2.24, 2.45) is 5.92 Å². The van der Waals surface area contributed by atoms with Crippen molar-refractivity contribution >= 4 is 17.4 Å². The van der Waals surface area contributed by atoms with Crippen molar-refractivity contribution in [2.75, 3.05) is 11.4 Å². The van der Waals surface area contributed by atoms with Crippen LogP contribution >= 0.6 is 0 Å². The van der Waals surface area contributed by atoms with Gasteiger partial charge in [-0.3, -0.25) is 4.79 Å². The quantitative estimate of drug-likeness (QED) is 0.903. The van der Waals surface area contributed by atoms with Crippen LogP contribution in [0.5, 0.6) is 0 Å². The molecule has 6 nitrogen and oxygen atoms in total. The number of rotatable bonds is 2. The minimum absolute atomic E-state index is 0.180. The van der Waals surface area contributed by atoms with Crippen molar-refractivity contribution < 1.29 is 9.90 Å². The standard InChI is InChI=1S/C14H18N4O2/c1-9-5-12-15-8-16-18(12)13(6-9)17-4-3-11(14(19)20)7-10(17)2/h5-6,8,10-11H,3-4,7H2,1-2H3,(H,19,20). The maximum Gasteiger partial charge on any atom is 0.306 e. The van der Waals surface area contributed by atoms with Gasteiger partial charge in [-0.25, -0.2) is 4.98 Å². The fraction of sp³-hybridized carbons (Fsp3) is 0.500. The predicted molar refractivity (Wildman–Crippen MR) is 74.9 cm³/mol. The number of aromatic nitrogens is 3. The Kier molecular flexibility index (Phi) is 3.08. The molecule has 0 aromatic carbocycles. The molecule has 1 N–H and O–H groups in total. The van der Waals surface area contributed by atoms with Crippen LogP contribution in [0.4, 0.5) is 5.82 Å². The Hall–Kier alpha value is -2.11. The van der Waals surface area contributed by atoms with Crippen LogP contribution in [0.15, 0.2) is 18.5 Å². The summed E-state index contributed by atoms with van der Waals surface area (Å²) < 4.78 is 1.82. The second-order valence-electron chi connectivity index (χ2n) is 5.52. The van der Waals surface area contributed by atoms with Crippen molar-refractivity contribution in [3.8, 4) is 0 Å². The molecule has 20 heavy (non-hydrogen) atoms. The molecule has 0 saturated carbocycles. The molecule has 1 fully saturated rings. The third kappa shape index (κ3) is 2.11. The lowest BCUT2D eigenvalue weighted by atomic mass is 9.91. The van der Waals surface area contributed by atoms with E-state index in [1.807, 2.05) is 17.5 Å². The van der Waals surface area contributed by atoms with Crippen molar-refractivity contribution in [2.45, 2.75) is 32.7 Å². The van der Waals surface area contributed by atoms with Gasteiger partial charge in [-0.1, -0.05) is 0 Å². The lowest BCUT2D eigenvalue weighted by Gasteiger charge is -2.37. The molecule has 0 amide bonds. The summed E-state index contributed by atoms with van der Waals surface area (Å²) in [5.41, 5.74) is 1.96. The molecule has 0 bridgehead atoms. The van der Waals surface area contributed by atoms with Gasteiger partial charge in [-0.05, 0) is 44.4 Å². The van der Waals surface area contributed by atoms with Crippen LogP contribution in [-0.2, 0) is 4.79 Å². The van der Waals surface area contributed by atoms with E-state index in [4.69, 9.17) is 5.11 Å². The van der Waals surface area contributed by atoms with Crippen LogP contribution < -0.4 is 4.90 Å². The van der Waals surface area contributed by atoms with Crippen molar-refractivity contribution in [1.82, 2.24) is 14.6 Å². The maximum absolute atomic E-state index is 11.1. The van der Waals surface area contributed by atoms with Crippen LogP contribution in [0, 0.1) is 12.8 Å². The highest BCUT2D eigenvalue weighted by atomic mass is 16.4. The van der Waals surface area contributed by atoms with E-state index in [-0.39, 0.29) is 12.0 Å². The Morgan fingerprint density at radius 1 is 1.45 bits per heavy atom. The van der Waals surface area contributed by atoms with E-state index < -0.39 is 5.97 Å². The number of hydrogen-bond acceptors (Lipinski definition) is 4. The highest BCUT2D eigenvalue weighted by Gasteiger charge is 2.30. The van der Waals surface area contributed by atoms with E-state index in [9.17, 15) is 4.79 Å². The molecule has 1 aliphatic rings. The van der Waals surface area contributed by atoms with Gasteiger partial charge in [-0.2, -0.15) is 9.61 Å². The number of aliphatic carboxylic acids is 1. The molecular weight excluding hydrogens is 256 g/mol. The van der Waals surface area contributed by atoms with Crippen molar-refractivity contribution in [3.05, 3.63) is 24.0 Å². The zero-order chi connectivity index (χ0) is 14.3. The average molecular weight is 274 g/mol. The van der Waals surface area contributed by atoms with Crippen LogP contribution in [0.2, 0.25) is 0 Å². The average Bonchev–Trinajstić information content (AvgIpc) is 2.85. The van der Waals surface area contributed by atoms with Crippen LogP contribution in [0.25, 0.3) is 5.65 Å². The molecule has 1 aliphatic heterocycles. The van der Waals surface area contributed by atoms with E-state index in [1.165, 1.54) is 0 Å². The molecule has 0 spiro atoms. The topological polar surface area (TPSA) is 70.7 Å². The number of hydrogen-bond donors (Lipinski definition) is 1. The first kappa shape index (κ1) is 12.9. The van der Waals surface area contributed by atoms with E-state index in [0.717, 1.165) is 23.6 Å². The van der Waals surface area contributed by atoms with Crippen LogP contribution in [0.3, 0.4) is 0 Å². The number of piperidine rings is 1. The minimum atomic E-state index is -0.688. The second kappa shape index (κ2) is 4.77. The maximum atomic E-state index is 11.1. The van der Waals surface area contributed by atoms with Gasteiger partial charge in [-0.15, -0.1) is 0 Å². The Balaban J connectivity index is 1.95. The number of fused-ring (bicyclic) bond motifs is 1. The van der Waals surface area contributed by atoms with E-state index in [1.54, 1.807) is 6.33 Å². The smallest absolute Gasteiger partial charge is 0.306 e. The Morgan fingerprint density at radius 2 is 2.25 bits per heavy atom. The summed E-state index contributed by atoms with van der Waals surface area (Å²) in [4.78, 5) is 17.6. The monoisotopic (exact) mass is 274 g/mol. The van der Waals surface area contributed by atoms with Crippen LogP contribution in [-0.4, -0.2) is 38.3 Å². The number of carbonyl (C=O) groups is 1. The zero-order valence-electron chi connectivity index (χ0n) is 11.7.